The molecule has 0 aromatic rings. The number of aliphatic imine (C=N–C) groups is 1. The normalized spacial score (nSPS) is 38.4. The maximum Gasteiger partial charge on any atom is 0.254 e. The summed E-state index contributed by atoms with van der Waals surface area (Å²) in [5, 5.41) is 12.3. The van der Waals surface area contributed by atoms with Crippen molar-refractivity contribution in [1.29, 1.82) is 5.26 Å². The Morgan fingerprint density at radius 1 is 1.50 bits per heavy atom. The minimum atomic E-state index is -2.69. The van der Waals surface area contributed by atoms with E-state index in [4.69, 9.17) is 5.26 Å². The molecule has 3 atom stereocenters. The molecule has 0 spiro atoms. The number of rotatable bonds is 2. The lowest BCUT2D eigenvalue weighted by molar-refractivity contribution is -0.149. The number of carbonyl (C=O) groups is 1. The van der Waals surface area contributed by atoms with Crippen LogP contribution in [0.3, 0.4) is 0 Å². The number of dihydropyridines is 1. The van der Waals surface area contributed by atoms with Crippen LogP contribution in [0.1, 0.15) is 20.3 Å². The second-order valence-electron chi connectivity index (χ2n) is 6.75. The lowest BCUT2D eigenvalue weighted by Crippen LogP contribution is -2.50. The number of nitriles is 1. The summed E-state index contributed by atoms with van der Waals surface area (Å²) in [5.41, 5.74) is -1.69. The van der Waals surface area contributed by atoms with Crippen LogP contribution in [0, 0.1) is 22.2 Å². The maximum atomic E-state index is 13.3. The number of amides is 1. The van der Waals surface area contributed by atoms with Crippen molar-refractivity contribution in [2.45, 2.75) is 32.7 Å². The second-order valence-corrected chi connectivity index (χ2v) is 6.75. The summed E-state index contributed by atoms with van der Waals surface area (Å²) < 4.78 is 26.6. The monoisotopic (exact) mass is 308 g/mol. The standard InChI is InChI=1S/C15H18F2N4O/c1-14(5-10(6-18)7-19-8-14)11-3-4-20-9-15(2,12(16)17)13(22)21(11)20/h5,7,11-12H,3-4,8-9H2,1-2H3/t11-,14?,15+/m0/s1. The number of nitrogens with zero attached hydrogens (tertiary/aromatic N) is 4. The van der Waals surface area contributed by atoms with Crippen LogP contribution >= 0.6 is 0 Å². The smallest absolute Gasteiger partial charge is 0.254 e. The van der Waals surface area contributed by atoms with Gasteiger partial charge in [0.2, 0.25) is 5.91 Å². The van der Waals surface area contributed by atoms with Crippen molar-refractivity contribution in [3.63, 3.8) is 0 Å². The molecule has 0 aliphatic carbocycles. The molecule has 3 aliphatic rings. The highest BCUT2D eigenvalue weighted by Gasteiger charge is 2.59. The highest BCUT2D eigenvalue weighted by atomic mass is 19.3. The molecule has 0 bridgehead atoms. The molecule has 3 aliphatic heterocycles. The van der Waals surface area contributed by atoms with E-state index in [0.717, 1.165) is 0 Å². The zero-order valence-corrected chi connectivity index (χ0v) is 12.6. The van der Waals surface area contributed by atoms with Crippen LogP contribution in [0.15, 0.2) is 16.6 Å². The number of halogens is 2. The number of fused-ring (bicyclic) bond motifs is 1. The Bertz CT molecular complexity index is 611. The van der Waals surface area contributed by atoms with E-state index in [-0.39, 0.29) is 12.6 Å². The van der Waals surface area contributed by atoms with Crippen LogP contribution in [0.5, 0.6) is 0 Å². The summed E-state index contributed by atoms with van der Waals surface area (Å²) in [4.78, 5) is 16.8. The van der Waals surface area contributed by atoms with Gasteiger partial charge in [0.25, 0.3) is 6.43 Å². The van der Waals surface area contributed by atoms with E-state index in [1.54, 1.807) is 5.01 Å². The molecule has 1 unspecified atom stereocenters. The lowest BCUT2D eigenvalue weighted by Gasteiger charge is -2.38. The number of alkyl halides is 2. The largest absolute Gasteiger partial charge is 0.291 e. The Morgan fingerprint density at radius 3 is 2.86 bits per heavy atom. The first-order chi connectivity index (χ1) is 10.3. The molecule has 0 radical (unpaired) electrons. The van der Waals surface area contributed by atoms with Crippen molar-refractivity contribution in [2.24, 2.45) is 15.8 Å². The van der Waals surface area contributed by atoms with Crippen molar-refractivity contribution < 1.29 is 13.6 Å². The third kappa shape index (κ3) is 1.97. The van der Waals surface area contributed by atoms with E-state index in [2.05, 4.69) is 11.1 Å². The third-order valence-electron chi connectivity index (χ3n) is 4.99. The molecule has 2 saturated heterocycles. The molecule has 2 fully saturated rings. The Morgan fingerprint density at radius 2 is 2.23 bits per heavy atom. The van der Waals surface area contributed by atoms with Crippen LogP contribution in [0.2, 0.25) is 0 Å². The molecule has 0 aromatic carbocycles. The Hall–Kier alpha value is -1.81. The summed E-state index contributed by atoms with van der Waals surface area (Å²) in [6.07, 6.45) is 1.35. The molecule has 22 heavy (non-hydrogen) atoms. The van der Waals surface area contributed by atoms with E-state index in [1.165, 1.54) is 18.1 Å². The predicted molar refractivity (Wildman–Crippen MR) is 76.1 cm³/mol. The first-order valence-corrected chi connectivity index (χ1v) is 7.31. The molecular formula is C15H18F2N4O. The van der Waals surface area contributed by atoms with Crippen molar-refractivity contribution in [2.75, 3.05) is 19.6 Å². The summed E-state index contributed by atoms with van der Waals surface area (Å²) in [6, 6.07) is 1.83. The van der Waals surface area contributed by atoms with Crippen molar-refractivity contribution >= 4 is 12.1 Å². The number of hydrazine groups is 1. The van der Waals surface area contributed by atoms with Gasteiger partial charge >= 0.3 is 0 Å². The Kier molecular flexibility index (Phi) is 3.33. The zero-order valence-electron chi connectivity index (χ0n) is 12.6. The van der Waals surface area contributed by atoms with Gasteiger partial charge in [-0.2, -0.15) is 5.26 Å². The van der Waals surface area contributed by atoms with Crippen molar-refractivity contribution in [3.05, 3.63) is 11.6 Å². The fourth-order valence-electron chi connectivity index (χ4n) is 3.65. The van der Waals surface area contributed by atoms with Crippen LogP contribution in [-0.4, -0.2) is 54.2 Å². The van der Waals surface area contributed by atoms with Gasteiger partial charge in [-0.1, -0.05) is 13.0 Å². The van der Waals surface area contributed by atoms with E-state index in [1.807, 2.05) is 13.0 Å². The summed E-state index contributed by atoms with van der Waals surface area (Å²) in [6.45, 7) is 4.33. The predicted octanol–water partition coefficient (Wildman–Crippen LogP) is 1.63. The fraction of sp³-hybridized carbons (Fsp3) is 0.667. The SMILES string of the molecule is CC1([C@@H]2CCN3C[C@](C)(C(F)F)C(=O)N23)C=C(C#N)C=NC1. The number of allylic oxidation sites excluding steroid dienone is 1. The first kappa shape index (κ1) is 15.1. The fourth-order valence-corrected chi connectivity index (χ4v) is 3.65. The third-order valence-corrected chi connectivity index (χ3v) is 4.99. The van der Waals surface area contributed by atoms with Gasteiger partial charge < -0.3 is 0 Å². The van der Waals surface area contributed by atoms with Gasteiger partial charge in [-0.15, -0.1) is 0 Å². The van der Waals surface area contributed by atoms with Crippen molar-refractivity contribution in [1.82, 2.24) is 10.0 Å². The second kappa shape index (κ2) is 4.85. The average molecular weight is 308 g/mol. The maximum absolute atomic E-state index is 13.3. The minimum Gasteiger partial charge on any atom is -0.291 e. The average Bonchev–Trinajstić information content (AvgIpc) is 2.99. The van der Waals surface area contributed by atoms with Gasteiger partial charge in [0.15, 0.2) is 0 Å². The molecule has 3 heterocycles. The van der Waals surface area contributed by atoms with Crippen LogP contribution in [0.25, 0.3) is 0 Å². The zero-order chi connectivity index (χ0) is 16.1. The van der Waals surface area contributed by atoms with Crippen LogP contribution in [-0.2, 0) is 4.79 Å². The summed E-state index contributed by atoms with van der Waals surface area (Å²) >= 11 is 0. The number of hydrogen-bond donors (Lipinski definition) is 0. The van der Waals surface area contributed by atoms with E-state index in [0.29, 0.717) is 25.1 Å². The Labute approximate surface area is 127 Å². The van der Waals surface area contributed by atoms with Gasteiger partial charge in [0.05, 0.1) is 11.6 Å². The highest BCUT2D eigenvalue weighted by Crippen LogP contribution is 2.45. The van der Waals surface area contributed by atoms with Crippen LogP contribution in [0.4, 0.5) is 8.78 Å². The number of carbonyl (C=O) groups excluding carboxylic acids is 1. The molecule has 5 nitrogen and oxygen atoms in total. The molecule has 7 heteroatoms. The molecule has 0 N–H and O–H groups in total. The first-order valence-electron chi connectivity index (χ1n) is 7.31. The summed E-state index contributed by atoms with van der Waals surface area (Å²) in [7, 11) is 0. The highest BCUT2D eigenvalue weighted by molar-refractivity contribution is 5.86. The molecule has 118 valence electrons. The quantitative estimate of drug-likeness (QED) is 0.779. The van der Waals surface area contributed by atoms with Gasteiger partial charge in [-0.3, -0.25) is 14.8 Å². The van der Waals surface area contributed by atoms with E-state index < -0.39 is 23.2 Å². The molecular weight excluding hydrogens is 290 g/mol. The topological polar surface area (TPSA) is 59.7 Å². The summed E-state index contributed by atoms with van der Waals surface area (Å²) in [5.74, 6) is -0.521. The molecule has 0 aromatic heterocycles. The van der Waals surface area contributed by atoms with E-state index in [9.17, 15) is 13.6 Å². The molecule has 3 rings (SSSR count). The van der Waals surface area contributed by atoms with Crippen LogP contribution < -0.4 is 0 Å². The minimum absolute atomic E-state index is 0.0498. The van der Waals surface area contributed by atoms with Gasteiger partial charge in [-0.05, 0) is 13.3 Å². The lowest BCUT2D eigenvalue weighted by atomic mass is 9.77. The van der Waals surface area contributed by atoms with Gasteiger partial charge in [0.1, 0.15) is 11.5 Å². The molecule has 0 saturated carbocycles. The van der Waals surface area contributed by atoms with Crippen molar-refractivity contribution in [3.8, 4) is 6.07 Å². The number of hydrogen-bond acceptors (Lipinski definition) is 4. The molecule has 1 amide bonds. The Balaban J connectivity index is 1.92. The van der Waals surface area contributed by atoms with Gasteiger partial charge in [0, 0.05) is 31.3 Å². The van der Waals surface area contributed by atoms with E-state index >= 15 is 0 Å². The van der Waals surface area contributed by atoms with Gasteiger partial charge in [-0.25, -0.2) is 13.8 Å².